The average Bonchev–Trinajstić information content (AvgIpc) is 2.21. The van der Waals surface area contributed by atoms with E-state index < -0.39 is 5.54 Å². The molecule has 0 aromatic rings. The molecule has 0 spiro atoms. The number of amides is 1. The van der Waals surface area contributed by atoms with Crippen LogP contribution in [0, 0.1) is 0 Å². The van der Waals surface area contributed by atoms with Gasteiger partial charge in [0.05, 0.1) is 5.54 Å². The molecule has 3 N–H and O–H groups in total. The number of nitrogens with one attached hydrogen (secondary N) is 1. The largest absolute Gasteiger partial charge is 0.355 e. The van der Waals surface area contributed by atoms with Crippen LogP contribution >= 0.6 is 24.8 Å². The van der Waals surface area contributed by atoms with Crippen molar-refractivity contribution in [1.82, 2.24) is 10.2 Å². The number of halogens is 2. The van der Waals surface area contributed by atoms with Crippen LogP contribution in [0.15, 0.2) is 0 Å². The number of hydrogen-bond donors (Lipinski definition) is 2. The van der Waals surface area contributed by atoms with Gasteiger partial charge in [-0.1, -0.05) is 13.8 Å². The zero-order chi connectivity index (χ0) is 12.6. The molecule has 0 fully saturated rings. The summed E-state index contributed by atoms with van der Waals surface area (Å²) in [5.41, 5.74) is 4.90. The van der Waals surface area contributed by atoms with Gasteiger partial charge in [-0.25, -0.2) is 0 Å². The van der Waals surface area contributed by atoms with Crippen molar-refractivity contribution in [2.24, 2.45) is 5.73 Å². The Morgan fingerprint density at radius 1 is 1.17 bits per heavy atom. The molecule has 0 aliphatic heterocycles. The van der Waals surface area contributed by atoms with Crippen molar-refractivity contribution < 1.29 is 4.79 Å². The zero-order valence-electron chi connectivity index (χ0n) is 12.0. The Bertz CT molecular complexity index is 204. The summed E-state index contributed by atoms with van der Waals surface area (Å²) in [5, 5.41) is 2.85. The molecule has 0 aromatic carbocycles. The molecule has 0 atom stereocenters. The summed E-state index contributed by atoms with van der Waals surface area (Å²) in [5.74, 6) is -0.0738. The van der Waals surface area contributed by atoms with E-state index in [4.69, 9.17) is 5.73 Å². The fourth-order valence-corrected chi connectivity index (χ4v) is 1.43. The first-order valence-electron chi connectivity index (χ1n) is 6.21. The standard InChI is InChI=1S/C12H27N3O.2ClH/c1-5-15(6-2)10-8-7-9-14-11(16)12(3,4)13;;/h5-10,13H2,1-4H3,(H,14,16);2*1H. The van der Waals surface area contributed by atoms with Gasteiger partial charge in [-0.2, -0.15) is 0 Å². The Morgan fingerprint density at radius 3 is 2.06 bits per heavy atom. The SMILES string of the molecule is CCN(CC)CCCCNC(=O)C(C)(C)N.Cl.Cl. The molecule has 0 aliphatic rings. The van der Waals surface area contributed by atoms with Gasteiger partial charge in [0.1, 0.15) is 0 Å². The van der Waals surface area contributed by atoms with Crippen LogP contribution in [0.1, 0.15) is 40.5 Å². The Kier molecular flexibility index (Phi) is 15.4. The molecule has 0 unspecified atom stereocenters. The molecule has 0 radical (unpaired) electrons. The van der Waals surface area contributed by atoms with Crippen LogP contribution in [0.3, 0.4) is 0 Å². The molecule has 1 amide bonds. The predicted molar refractivity (Wildman–Crippen MR) is 82.8 cm³/mol. The van der Waals surface area contributed by atoms with Gasteiger partial charge in [0.2, 0.25) is 5.91 Å². The van der Waals surface area contributed by atoms with E-state index in [9.17, 15) is 4.79 Å². The highest BCUT2D eigenvalue weighted by Crippen LogP contribution is 1.97. The van der Waals surface area contributed by atoms with E-state index in [1.165, 1.54) is 0 Å². The van der Waals surface area contributed by atoms with Crippen molar-refractivity contribution in [3.63, 3.8) is 0 Å². The molecule has 4 nitrogen and oxygen atoms in total. The van der Waals surface area contributed by atoms with Crippen molar-refractivity contribution in [1.29, 1.82) is 0 Å². The van der Waals surface area contributed by atoms with Crippen LogP contribution < -0.4 is 11.1 Å². The van der Waals surface area contributed by atoms with Crippen molar-refractivity contribution in [3.8, 4) is 0 Å². The molecular weight excluding hydrogens is 273 g/mol. The summed E-state index contributed by atoms with van der Waals surface area (Å²) >= 11 is 0. The van der Waals surface area contributed by atoms with Crippen LogP contribution in [-0.4, -0.2) is 42.5 Å². The summed E-state index contributed by atoms with van der Waals surface area (Å²) in [4.78, 5) is 13.8. The second-order valence-corrected chi connectivity index (χ2v) is 4.71. The molecule has 0 saturated carbocycles. The number of carbonyl (C=O) groups excluding carboxylic acids is 1. The molecule has 112 valence electrons. The van der Waals surface area contributed by atoms with Gasteiger partial charge in [-0.3, -0.25) is 4.79 Å². The van der Waals surface area contributed by atoms with Crippen molar-refractivity contribution in [2.75, 3.05) is 26.2 Å². The third-order valence-corrected chi connectivity index (χ3v) is 2.67. The maximum atomic E-state index is 11.4. The number of nitrogens with two attached hydrogens (primary N) is 1. The maximum Gasteiger partial charge on any atom is 0.239 e. The lowest BCUT2D eigenvalue weighted by Gasteiger charge is -2.19. The van der Waals surface area contributed by atoms with Crippen molar-refractivity contribution >= 4 is 30.7 Å². The van der Waals surface area contributed by atoms with Gasteiger partial charge < -0.3 is 16.0 Å². The minimum atomic E-state index is -0.765. The lowest BCUT2D eigenvalue weighted by Crippen LogP contribution is -2.49. The van der Waals surface area contributed by atoms with E-state index in [0.29, 0.717) is 0 Å². The van der Waals surface area contributed by atoms with E-state index in [0.717, 1.165) is 39.0 Å². The third kappa shape index (κ3) is 11.1. The highest BCUT2D eigenvalue weighted by molar-refractivity contribution is 5.85. The summed E-state index contributed by atoms with van der Waals surface area (Å²) in [7, 11) is 0. The Labute approximate surface area is 124 Å². The second kappa shape index (κ2) is 12.0. The second-order valence-electron chi connectivity index (χ2n) is 4.71. The van der Waals surface area contributed by atoms with Gasteiger partial charge in [0, 0.05) is 6.54 Å². The highest BCUT2D eigenvalue weighted by atomic mass is 35.5. The van der Waals surface area contributed by atoms with E-state index in [2.05, 4.69) is 24.1 Å². The normalized spacial score (nSPS) is 10.6. The van der Waals surface area contributed by atoms with E-state index in [1.807, 2.05) is 0 Å². The lowest BCUT2D eigenvalue weighted by molar-refractivity contribution is -0.125. The van der Waals surface area contributed by atoms with Gasteiger partial charge in [0.15, 0.2) is 0 Å². The molecule has 6 heteroatoms. The van der Waals surface area contributed by atoms with Crippen LogP contribution in [0.2, 0.25) is 0 Å². The Morgan fingerprint density at radius 2 is 1.67 bits per heavy atom. The summed E-state index contributed by atoms with van der Waals surface area (Å²) in [6.45, 7) is 11.8. The fourth-order valence-electron chi connectivity index (χ4n) is 1.43. The van der Waals surface area contributed by atoms with Gasteiger partial charge in [0.25, 0.3) is 0 Å². The minimum Gasteiger partial charge on any atom is -0.355 e. The number of unbranched alkanes of at least 4 members (excludes halogenated alkanes) is 1. The van der Waals surface area contributed by atoms with Crippen LogP contribution in [-0.2, 0) is 4.79 Å². The van der Waals surface area contributed by atoms with Crippen molar-refractivity contribution in [2.45, 2.75) is 46.1 Å². The first-order valence-corrected chi connectivity index (χ1v) is 6.21. The first kappa shape index (κ1) is 23.1. The highest BCUT2D eigenvalue weighted by Gasteiger charge is 2.20. The number of nitrogens with zero attached hydrogens (tertiary/aromatic N) is 1. The van der Waals surface area contributed by atoms with Gasteiger partial charge in [-0.15, -0.1) is 24.8 Å². The molecule has 18 heavy (non-hydrogen) atoms. The van der Waals surface area contributed by atoms with E-state index in [-0.39, 0.29) is 30.7 Å². The van der Waals surface area contributed by atoms with Gasteiger partial charge in [-0.05, 0) is 46.3 Å². The number of hydrogen-bond acceptors (Lipinski definition) is 3. The number of carbonyl (C=O) groups is 1. The first-order chi connectivity index (χ1) is 7.41. The molecule has 0 saturated heterocycles. The molecule has 0 aliphatic carbocycles. The molecule has 0 bridgehead atoms. The minimum absolute atomic E-state index is 0. The van der Waals surface area contributed by atoms with Crippen LogP contribution in [0.25, 0.3) is 0 Å². The quantitative estimate of drug-likeness (QED) is 0.672. The molecule has 0 heterocycles. The predicted octanol–water partition coefficient (Wildman–Crippen LogP) is 1.81. The van der Waals surface area contributed by atoms with Gasteiger partial charge >= 0.3 is 0 Å². The monoisotopic (exact) mass is 301 g/mol. The summed E-state index contributed by atoms with van der Waals surface area (Å²) in [6, 6.07) is 0. The number of rotatable bonds is 8. The zero-order valence-corrected chi connectivity index (χ0v) is 13.6. The molecule has 0 aromatic heterocycles. The molecule has 0 rings (SSSR count). The summed E-state index contributed by atoms with van der Waals surface area (Å²) < 4.78 is 0. The van der Waals surface area contributed by atoms with E-state index >= 15 is 0 Å². The fraction of sp³-hybridized carbons (Fsp3) is 0.917. The topological polar surface area (TPSA) is 58.4 Å². The Hall–Kier alpha value is -0.0300. The lowest BCUT2D eigenvalue weighted by atomic mass is 10.1. The summed E-state index contributed by atoms with van der Waals surface area (Å²) in [6.07, 6.45) is 2.13. The van der Waals surface area contributed by atoms with Crippen molar-refractivity contribution in [3.05, 3.63) is 0 Å². The van der Waals surface area contributed by atoms with Crippen LogP contribution in [0.5, 0.6) is 0 Å². The smallest absolute Gasteiger partial charge is 0.239 e. The third-order valence-electron chi connectivity index (χ3n) is 2.67. The molecular formula is C12H29Cl2N3O. The average molecular weight is 302 g/mol. The van der Waals surface area contributed by atoms with E-state index in [1.54, 1.807) is 13.8 Å². The Balaban J connectivity index is -0.00000112. The van der Waals surface area contributed by atoms with Crippen LogP contribution in [0.4, 0.5) is 0 Å². The maximum absolute atomic E-state index is 11.4.